The third-order valence-electron chi connectivity index (χ3n) is 4.69. The standard InChI is InChI=1S/C18H16Cl2N2O2/c19-11-8-10-3-4-15(16(10)14(20)9-11)22-17(23)12-5-7-24-18-13(12)2-1-6-21-18/h1-2,6,8-9,12,15H,3-5,7H2,(H,22,23). The topological polar surface area (TPSA) is 51.2 Å². The molecule has 1 aromatic carbocycles. The summed E-state index contributed by atoms with van der Waals surface area (Å²) in [6.07, 6.45) is 4.03. The number of aryl methyl sites for hydroxylation is 1. The molecule has 1 amide bonds. The average Bonchev–Trinajstić information content (AvgIpc) is 2.97. The first-order valence-electron chi connectivity index (χ1n) is 7.99. The zero-order valence-electron chi connectivity index (χ0n) is 12.9. The maximum Gasteiger partial charge on any atom is 0.228 e. The molecule has 2 atom stereocenters. The van der Waals surface area contributed by atoms with Gasteiger partial charge in [0.15, 0.2) is 0 Å². The van der Waals surface area contributed by atoms with E-state index in [0.29, 0.717) is 29.0 Å². The number of nitrogens with zero attached hydrogens (tertiary/aromatic N) is 1. The van der Waals surface area contributed by atoms with Crippen molar-refractivity contribution in [3.63, 3.8) is 0 Å². The maximum atomic E-state index is 12.8. The normalized spacial score (nSPS) is 21.6. The van der Waals surface area contributed by atoms with Gasteiger partial charge in [0.05, 0.1) is 18.6 Å². The third kappa shape index (κ3) is 2.74. The number of halogens is 2. The van der Waals surface area contributed by atoms with E-state index in [1.807, 2.05) is 18.2 Å². The lowest BCUT2D eigenvalue weighted by Gasteiger charge is -2.26. The number of pyridine rings is 1. The van der Waals surface area contributed by atoms with E-state index in [0.717, 1.165) is 29.5 Å². The zero-order chi connectivity index (χ0) is 16.7. The summed E-state index contributed by atoms with van der Waals surface area (Å²) >= 11 is 12.4. The fraction of sp³-hybridized carbons (Fsp3) is 0.333. The summed E-state index contributed by atoms with van der Waals surface area (Å²) in [5.74, 6) is 0.314. The van der Waals surface area contributed by atoms with Crippen LogP contribution >= 0.6 is 23.2 Å². The highest BCUT2D eigenvalue weighted by molar-refractivity contribution is 6.35. The monoisotopic (exact) mass is 362 g/mol. The first-order chi connectivity index (χ1) is 11.6. The second-order valence-corrected chi connectivity index (χ2v) is 6.99. The van der Waals surface area contributed by atoms with Crippen molar-refractivity contribution in [1.82, 2.24) is 10.3 Å². The number of aromatic nitrogens is 1. The fourth-order valence-electron chi connectivity index (χ4n) is 3.59. The molecule has 24 heavy (non-hydrogen) atoms. The zero-order valence-corrected chi connectivity index (χ0v) is 14.4. The summed E-state index contributed by atoms with van der Waals surface area (Å²) in [5.41, 5.74) is 2.96. The molecule has 0 bridgehead atoms. The number of hydrogen-bond donors (Lipinski definition) is 1. The lowest BCUT2D eigenvalue weighted by Crippen LogP contribution is -2.34. The van der Waals surface area contributed by atoms with Crippen molar-refractivity contribution in [3.8, 4) is 5.88 Å². The highest BCUT2D eigenvalue weighted by Crippen LogP contribution is 2.39. The quantitative estimate of drug-likeness (QED) is 0.876. The fourth-order valence-corrected chi connectivity index (χ4v) is 4.25. The van der Waals surface area contributed by atoms with E-state index in [4.69, 9.17) is 27.9 Å². The van der Waals surface area contributed by atoms with Gasteiger partial charge < -0.3 is 10.1 Å². The summed E-state index contributed by atoms with van der Waals surface area (Å²) in [5, 5.41) is 4.41. The Morgan fingerprint density at radius 2 is 2.17 bits per heavy atom. The smallest absolute Gasteiger partial charge is 0.228 e. The molecule has 1 aliphatic carbocycles. The predicted molar refractivity (Wildman–Crippen MR) is 92.8 cm³/mol. The minimum absolute atomic E-state index is 0.00332. The van der Waals surface area contributed by atoms with Gasteiger partial charge in [-0.25, -0.2) is 4.98 Å². The van der Waals surface area contributed by atoms with Crippen LogP contribution in [0.2, 0.25) is 10.0 Å². The number of carbonyl (C=O) groups is 1. The van der Waals surface area contributed by atoms with Crippen molar-refractivity contribution < 1.29 is 9.53 Å². The van der Waals surface area contributed by atoms with E-state index < -0.39 is 0 Å². The van der Waals surface area contributed by atoms with Crippen LogP contribution < -0.4 is 10.1 Å². The van der Waals surface area contributed by atoms with Gasteiger partial charge in [0.2, 0.25) is 11.8 Å². The van der Waals surface area contributed by atoms with Crippen LogP contribution in [0.3, 0.4) is 0 Å². The molecule has 0 fully saturated rings. The Morgan fingerprint density at radius 1 is 1.29 bits per heavy atom. The minimum Gasteiger partial charge on any atom is -0.477 e. The van der Waals surface area contributed by atoms with Gasteiger partial charge in [0, 0.05) is 21.8 Å². The van der Waals surface area contributed by atoms with Crippen LogP contribution in [0.25, 0.3) is 0 Å². The van der Waals surface area contributed by atoms with Crippen LogP contribution in [0.1, 0.15) is 41.5 Å². The molecule has 1 aromatic heterocycles. The van der Waals surface area contributed by atoms with E-state index in [-0.39, 0.29) is 17.9 Å². The van der Waals surface area contributed by atoms with Crippen molar-refractivity contribution in [2.75, 3.05) is 6.61 Å². The molecule has 6 heteroatoms. The molecule has 0 saturated carbocycles. The molecule has 124 valence electrons. The number of fused-ring (bicyclic) bond motifs is 2. The molecule has 2 aliphatic rings. The molecule has 1 aliphatic heterocycles. The highest BCUT2D eigenvalue weighted by Gasteiger charge is 2.32. The Morgan fingerprint density at radius 3 is 3.04 bits per heavy atom. The molecule has 2 aromatic rings. The molecular formula is C18H16Cl2N2O2. The summed E-state index contributed by atoms with van der Waals surface area (Å²) in [7, 11) is 0. The largest absolute Gasteiger partial charge is 0.477 e. The summed E-state index contributed by atoms with van der Waals surface area (Å²) in [6.45, 7) is 0.500. The van der Waals surface area contributed by atoms with Crippen molar-refractivity contribution >= 4 is 29.1 Å². The van der Waals surface area contributed by atoms with Gasteiger partial charge in [-0.15, -0.1) is 0 Å². The molecule has 0 saturated heterocycles. The van der Waals surface area contributed by atoms with Crippen molar-refractivity contribution in [3.05, 3.63) is 57.2 Å². The summed E-state index contributed by atoms with van der Waals surface area (Å²) in [6, 6.07) is 7.33. The second-order valence-electron chi connectivity index (χ2n) is 6.15. The SMILES string of the molecule is O=C(NC1CCc2cc(Cl)cc(Cl)c21)C1CCOc2ncccc21. The van der Waals surface area contributed by atoms with Crippen molar-refractivity contribution in [1.29, 1.82) is 0 Å². The van der Waals surface area contributed by atoms with Crippen LogP contribution in [0, 0.1) is 0 Å². The summed E-state index contributed by atoms with van der Waals surface area (Å²) in [4.78, 5) is 17.0. The number of nitrogens with one attached hydrogen (secondary N) is 1. The summed E-state index contributed by atoms with van der Waals surface area (Å²) < 4.78 is 5.54. The Labute approximate surface area is 150 Å². The highest BCUT2D eigenvalue weighted by atomic mass is 35.5. The number of rotatable bonds is 2. The van der Waals surface area contributed by atoms with Gasteiger partial charge >= 0.3 is 0 Å². The van der Waals surface area contributed by atoms with E-state index in [1.54, 1.807) is 12.3 Å². The second kappa shape index (κ2) is 6.26. The predicted octanol–water partition coefficient (Wildman–Crippen LogP) is 4.06. The van der Waals surface area contributed by atoms with Gasteiger partial charge in [-0.05, 0) is 48.6 Å². The lowest BCUT2D eigenvalue weighted by atomic mass is 9.93. The molecule has 2 unspecified atom stereocenters. The first kappa shape index (κ1) is 15.7. The van der Waals surface area contributed by atoms with Gasteiger partial charge in [0.1, 0.15) is 0 Å². The van der Waals surface area contributed by atoms with Gasteiger partial charge in [-0.2, -0.15) is 0 Å². The molecule has 1 N–H and O–H groups in total. The molecule has 0 spiro atoms. The van der Waals surface area contributed by atoms with E-state index in [9.17, 15) is 4.79 Å². The maximum absolute atomic E-state index is 12.8. The van der Waals surface area contributed by atoms with Crippen LogP contribution in [-0.2, 0) is 11.2 Å². The number of carbonyl (C=O) groups excluding carboxylic acids is 1. The Kier molecular flexibility index (Phi) is 4.10. The van der Waals surface area contributed by atoms with Crippen LogP contribution in [-0.4, -0.2) is 17.5 Å². The number of ether oxygens (including phenoxy) is 1. The van der Waals surface area contributed by atoms with Crippen LogP contribution in [0.15, 0.2) is 30.5 Å². The van der Waals surface area contributed by atoms with E-state index in [1.165, 1.54) is 0 Å². The number of hydrogen-bond acceptors (Lipinski definition) is 3. The Bertz CT molecular complexity index is 810. The minimum atomic E-state index is -0.238. The first-order valence-corrected chi connectivity index (χ1v) is 8.75. The molecule has 2 heterocycles. The lowest BCUT2D eigenvalue weighted by molar-refractivity contribution is -0.124. The molecule has 0 radical (unpaired) electrons. The molecule has 4 nitrogen and oxygen atoms in total. The van der Waals surface area contributed by atoms with Gasteiger partial charge in [-0.3, -0.25) is 4.79 Å². The van der Waals surface area contributed by atoms with E-state index in [2.05, 4.69) is 10.3 Å². The molecular weight excluding hydrogens is 347 g/mol. The van der Waals surface area contributed by atoms with Gasteiger partial charge in [-0.1, -0.05) is 29.3 Å². The van der Waals surface area contributed by atoms with Gasteiger partial charge in [0.25, 0.3) is 0 Å². The third-order valence-corrected chi connectivity index (χ3v) is 5.22. The Balaban J connectivity index is 1.57. The Hall–Kier alpha value is -1.78. The number of amides is 1. The number of benzene rings is 1. The molecule has 4 rings (SSSR count). The van der Waals surface area contributed by atoms with Crippen LogP contribution in [0.5, 0.6) is 5.88 Å². The van der Waals surface area contributed by atoms with Crippen molar-refractivity contribution in [2.45, 2.75) is 31.2 Å². The average molecular weight is 363 g/mol. The van der Waals surface area contributed by atoms with Crippen molar-refractivity contribution in [2.24, 2.45) is 0 Å². The van der Waals surface area contributed by atoms with E-state index >= 15 is 0 Å². The van der Waals surface area contributed by atoms with Crippen LogP contribution in [0.4, 0.5) is 0 Å².